The van der Waals surface area contributed by atoms with Crippen molar-refractivity contribution in [2.24, 2.45) is 0 Å². The van der Waals surface area contributed by atoms with Crippen molar-refractivity contribution in [2.45, 2.75) is 44.2 Å². The molecule has 0 aromatic heterocycles. The number of methoxy groups -OCH3 is 1. The standard InChI is InChI=1S/C15H23NO2/c1-12(13-6-5-7-14(10-13)18-2)16-11-15(17)8-3-4-9-15/h5-7,10,12,16-17H,3-4,8-9,11H2,1-2H3. The van der Waals surface area contributed by atoms with Crippen LogP contribution in [0.1, 0.15) is 44.2 Å². The van der Waals surface area contributed by atoms with Crippen molar-refractivity contribution in [3.05, 3.63) is 29.8 Å². The Morgan fingerprint density at radius 2 is 2.11 bits per heavy atom. The van der Waals surface area contributed by atoms with Crippen LogP contribution in [0.5, 0.6) is 5.75 Å². The minimum Gasteiger partial charge on any atom is -0.497 e. The molecule has 0 heterocycles. The van der Waals surface area contributed by atoms with Gasteiger partial charge in [0, 0.05) is 12.6 Å². The first-order chi connectivity index (χ1) is 8.63. The van der Waals surface area contributed by atoms with Gasteiger partial charge >= 0.3 is 0 Å². The molecule has 1 aromatic carbocycles. The predicted octanol–water partition coefficient (Wildman–Crippen LogP) is 2.65. The maximum Gasteiger partial charge on any atom is 0.119 e. The zero-order valence-corrected chi connectivity index (χ0v) is 11.3. The number of aliphatic hydroxyl groups is 1. The Labute approximate surface area is 109 Å². The lowest BCUT2D eigenvalue weighted by molar-refractivity contribution is 0.0453. The van der Waals surface area contributed by atoms with Gasteiger partial charge in [0.2, 0.25) is 0 Å². The second-order valence-electron chi connectivity index (χ2n) is 5.31. The van der Waals surface area contributed by atoms with E-state index in [1.807, 2.05) is 18.2 Å². The molecule has 18 heavy (non-hydrogen) atoms. The van der Waals surface area contributed by atoms with Gasteiger partial charge < -0.3 is 15.2 Å². The molecule has 1 aliphatic carbocycles. The molecule has 1 saturated carbocycles. The minimum atomic E-state index is -0.493. The molecule has 1 atom stereocenters. The summed E-state index contributed by atoms with van der Waals surface area (Å²) in [6.45, 7) is 2.79. The van der Waals surface area contributed by atoms with E-state index in [1.54, 1.807) is 7.11 Å². The van der Waals surface area contributed by atoms with Crippen LogP contribution in [-0.2, 0) is 0 Å². The SMILES string of the molecule is COc1cccc(C(C)NCC2(O)CCCC2)c1. The first kappa shape index (κ1) is 13.4. The Bertz CT molecular complexity index is 386. The van der Waals surface area contributed by atoms with Gasteiger partial charge in [-0.05, 0) is 37.5 Å². The Morgan fingerprint density at radius 1 is 1.39 bits per heavy atom. The van der Waals surface area contributed by atoms with Crippen LogP contribution in [0, 0.1) is 0 Å². The van der Waals surface area contributed by atoms with Gasteiger partial charge in [-0.2, -0.15) is 0 Å². The predicted molar refractivity (Wildman–Crippen MR) is 72.8 cm³/mol. The summed E-state index contributed by atoms with van der Waals surface area (Å²) in [4.78, 5) is 0. The second kappa shape index (κ2) is 5.72. The van der Waals surface area contributed by atoms with Gasteiger partial charge in [-0.15, -0.1) is 0 Å². The molecule has 1 unspecified atom stereocenters. The zero-order valence-electron chi connectivity index (χ0n) is 11.3. The van der Waals surface area contributed by atoms with E-state index in [4.69, 9.17) is 4.74 Å². The smallest absolute Gasteiger partial charge is 0.119 e. The zero-order chi connectivity index (χ0) is 13.0. The Kier molecular flexibility index (Phi) is 4.25. The highest BCUT2D eigenvalue weighted by atomic mass is 16.5. The molecule has 2 rings (SSSR count). The molecule has 1 aromatic rings. The third-order valence-corrected chi connectivity index (χ3v) is 3.87. The highest BCUT2D eigenvalue weighted by Gasteiger charge is 2.30. The first-order valence-electron chi connectivity index (χ1n) is 6.73. The fourth-order valence-electron chi connectivity index (χ4n) is 2.58. The molecule has 100 valence electrons. The van der Waals surface area contributed by atoms with E-state index in [1.165, 1.54) is 5.56 Å². The largest absolute Gasteiger partial charge is 0.497 e. The maximum atomic E-state index is 10.3. The molecular weight excluding hydrogens is 226 g/mol. The molecule has 0 aliphatic heterocycles. The van der Waals surface area contributed by atoms with Crippen molar-refractivity contribution in [3.8, 4) is 5.75 Å². The van der Waals surface area contributed by atoms with E-state index in [9.17, 15) is 5.11 Å². The Morgan fingerprint density at radius 3 is 2.78 bits per heavy atom. The van der Waals surface area contributed by atoms with E-state index >= 15 is 0 Å². The van der Waals surface area contributed by atoms with E-state index in [0.29, 0.717) is 6.54 Å². The van der Waals surface area contributed by atoms with Crippen molar-refractivity contribution < 1.29 is 9.84 Å². The number of benzene rings is 1. The summed E-state index contributed by atoms with van der Waals surface area (Å²) in [6, 6.07) is 8.29. The lowest BCUT2D eigenvalue weighted by Gasteiger charge is -2.25. The number of hydrogen-bond acceptors (Lipinski definition) is 3. The molecule has 0 amide bonds. The summed E-state index contributed by atoms with van der Waals surface area (Å²) in [5.74, 6) is 0.876. The average Bonchev–Trinajstić information content (AvgIpc) is 2.83. The second-order valence-corrected chi connectivity index (χ2v) is 5.31. The van der Waals surface area contributed by atoms with Gasteiger partial charge in [-0.1, -0.05) is 25.0 Å². The van der Waals surface area contributed by atoms with Crippen LogP contribution in [0.4, 0.5) is 0 Å². The molecule has 1 fully saturated rings. The van der Waals surface area contributed by atoms with Crippen molar-refractivity contribution in [3.63, 3.8) is 0 Å². The number of hydrogen-bond donors (Lipinski definition) is 2. The number of nitrogens with one attached hydrogen (secondary N) is 1. The number of ether oxygens (including phenoxy) is 1. The van der Waals surface area contributed by atoms with Crippen LogP contribution in [0.15, 0.2) is 24.3 Å². The molecular formula is C15H23NO2. The molecule has 0 radical (unpaired) electrons. The maximum absolute atomic E-state index is 10.3. The van der Waals surface area contributed by atoms with Crippen molar-refractivity contribution in [1.82, 2.24) is 5.32 Å². The molecule has 1 aliphatic rings. The van der Waals surface area contributed by atoms with E-state index < -0.39 is 5.60 Å². The van der Waals surface area contributed by atoms with Crippen LogP contribution >= 0.6 is 0 Å². The summed E-state index contributed by atoms with van der Waals surface area (Å²) >= 11 is 0. The lowest BCUT2D eigenvalue weighted by Crippen LogP contribution is -2.39. The summed E-state index contributed by atoms with van der Waals surface area (Å²) in [5, 5.41) is 13.7. The van der Waals surface area contributed by atoms with Crippen molar-refractivity contribution >= 4 is 0 Å². The number of rotatable bonds is 5. The summed E-state index contributed by atoms with van der Waals surface area (Å²) in [7, 11) is 1.68. The van der Waals surface area contributed by atoms with E-state index in [2.05, 4.69) is 18.3 Å². The molecule has 3 heteroatoms. The molecule has 2 N–H and O–H groups in total. The summed E-state index contributed by atoms with van der Waals surface area (Å²) in [6.07, 6.45) is 4.13. The third-order valence-electron chi connectivity index (χ3n) is 3.87. The van der Waals surface area contributed by atoms with Gasteiger partial charge in [0.15, 0.2) is 0 Å². The quantitative estimate of drug-likeness (QED) is 0.843. The van der Waals surface area contributed by atoms with Crippen LogP contribution in [-0.4, -0.2) is 24.4 Å². The summed E-state index contributed by atoms with van der Waals surface area (Å²) in [5.41, 5.74) is 0.698. The molecule has 3 nitrogen and oxygen atoms in total. The van der Waals surface area contributed by atoms with Crippen LogP contribution < -0.4 is 10.1 Å². The van der Waals surface area contributed by atoms with Crippen molar-refractivity contribution in [1.29, 1.82) is 0 Å². The molecule has 0 bridgehead atoms. The lowest BCUT2D eigenvalue weighted by atomic mass is 10.0. The van der Waals surface area contributed by atoms with Crippen molar-refractivity contribution in [2.75, 3.05) is 13.7 Å². The average molecular weight is 249 g/mol. The normalized spacial score (nSPS) is 19.7. The fourth-order valence-corrected chi connectivity index (χ4v) is 2.58. The third kappa shape index (κ3) is 3.24. The van der Waals surface area contributed by atoms with Crippen LogP contribution in [0.2, 0.25) is 0 Å². The first-order valence-corrected chi connectivity index (χ1v) is 6.73. The minimum absolute atomic E-state index is 0.227. The van der Waals surface area contributed by atoms with Crippen LogP contribution in [0.25, 0.3) is 0 Å². The van der Waals surface area contributed by atoms with Gasteiger partial charge in [0.25, 0.3) is 0 Å². The molecule has 0 saturated heterocycles. The Hall–Kier alpha value is -1.06. The van der Waals surface area contributed by atoms with E-state index in [0.717, 1.165) is 31.4 Å². The molecule has 0 spiro atoms. The van der Waals surface area contributed by atoms with Gasteiger partial charge in [-0.25, -0.2) is 0 Å². The summed E-state index contributed by atoms with van der Waals surface area (Å²) < 4.78 is 5.23. The topological polar surface area (TPSA) is 41.5 Å². The fraction of sp³-hybridized carbons (Fsp3) is 0.600. The Balaban J connectivity index is 1.92. The van der Waals surface area contributed by atoms with Gasteiger partial charge in [-0.3, -0.25) is 0 Å². The van der Waals surface area contributed by atoms with Crippen LogP contribution in [0.3, 0.4) is 0 Å². The van der Waals surface area contributed by atoms with E-state index in [-0.39, 0.29) is 6.04 Å². The van der Waals surface area contributed by atoms with Gasteiger partial charge in [0.05, 0.1) is 12.7 Å². The highest BCUT2D eigenvalue weighted by Crippen LogP contribution is 2.29. The highest BCUT2D eigenvalue weighted by molar-refractivity contribution is 5.30. The monoisotopic (exact) mass is 249 g/mol. The van der Waals surface area contributed by atoms with Gasteiger partial charge in [0.1, 0.15) is 5.75 Å².